The maximum atomic E-state index is 12.4. The van der Waals surface area contributed by atoms with Crippen molar-refractivity contribution in [1.29, 1.82) is 0 Å². The standard InChI is InChI=1S/C14H15F3N2.C3H6.2C2H6/c1-10(2)19-7-6-13(18-19)12-5-3-4-11(8-12)9-14(15,16)17;1-3-2;2*1-2/h3-8,10H,9H2,1-2H3;3H,1H2,2H3;2*1-2H3. The SMILES string of the molecule is C=CC.CC.CC.CC(C)n1ccc(-c2cccc(CC(F)(F)F)c2)n1. The van der Waals surface area contributed by atoms with Crippen LogP contribution < -0.4 is 0 Å². The van der Waals surface area contributed by atoms with E-state index in [9.17, 15) is 13.2 Å². The Morgan fingerprint density at radius 3 is 2.08 bits per heavy atom. The fraction of sp³-hybridized carbons (Fsp3) is 0.476. The lowest BCUT2D eigenvalue weighted by atomic mass is 10.1. The van der Waals surface area contributed by atoms with Crippen LogP contribution in [0.1, 0.15) is 60.1 Å². The van der Waals surface area contributed by atoms with Gasteiger partial charge < -0.3 is 0 Å². The van der Waals surface area contributed by atoms with E-state index >= 15 is 0 Å². The van der Waals surface area contributed by atoms with Crippen molar-refractivity contribution in [2.45, 2.75) is 67.1 Å². The Labute approximate surface area is 156 Å². The second kappa shape index (κ2) is 14.2. The summed E-state index contributed by atoms with van der Waals surface area (Å²) in [5.74, 6) is 0. The summed E-state index contributed by atoms with van der Waals surface area (Å²) in [7, 11) is 0. The molecule has 0 fully saturated rings. The lowest BCUT2D eigenvalue weighted by Gasteiger charge is -2.07. The highest BCUT2D eigenvalue weighted by molar-refractivity contribution is 5.59. The van der Waals surface area contributed by atoms with Crippen molar-refractivity contribution < 1.29 is 13.2 Å². The first-order chi connectivity index (χ1) is 12.3. The molecule has 1 heterocycles. The Morgan fingerprint density at radius 2 is 1.65 bits per heavy atom. The predicted molar refractivity (Wildman–Crippen MR) is 106 cm³/mol. The Hall–Kier alpha value is -2.04. The average Bonchev–Trinajstić information content (AvgIpc) is 3.08. The van der Waals surface area contributed by atoms with Crippen LogP contribution in [0.5, 0.6) is 0 Å². The largest absolute Gasteiger partial charge is 0.393 e. The van der Waals surface area contributed by atoms with E-state index < -0.39 is 12.6 Å². The highest BCUT2D eigenvalue weighted by Crippen LogP contribution is 2.25. The molecule has 0 atom stereocenters. The molecule has 0 radical (unpaired) electrons. The van der Waals surface area contributed by atoms with Crippen molar-refractivity contribution in [2.24, 2.45) is 0 Å². The Balaban J connectivity index is 0. The summed E-state index contributed by atoms with van der Waals surface area (Å²) in [6, 6.07) is 8.47. The quantitative estimate of drug-likeness (QED) is 0.512. The van der Waals surface area contributed by atoms with E-state index in [2.05, 4.69) is 11.7 Å². The average molecular weight is 371 g/mol. The zero-order valence-corrected chi connectivity index (χ0v) is 17.1. The van der Waals surface area contributed by atoms with Gasteiger partial charge in [-0.2, -0.15) is 18.3 Å². The minimum absolute atomic E-state index is 0.229. The molecule has 2 aromatic rings. The summed E-state index contributed by atoms with van der Waals surface area (Å²) in [5.41, 5.74) is 1.66. The molecule has 0 spiro atoms. The Morgan fingerprint density at radius 1 is 1.12 bits per heavy atom. The van der Waals surface area contributed by atoms with Crippen LogP contribution in [-0.4, -0.2) is 16.0 Å². The summed E-state index contributed by atoms with van der Waals surface area (Å²) in [5, 5.41) is 4.35. The fourth-order valence-corrected chi connectivity index (χ4v) is 1.85. The van der Waals surface area contributed by atoms with Gasteiger partial charge in [0.05, 0.1) is 12.1 Å². The number of aromatic nitrogens is 2. The molecule has 2 rings (SSSR count). The lowest BCUT2D eigenvalue weighted by Crippen LogP contribution is -2.11. The number of hydrogen-bond donors (Lipinski definition) is 0. The fourth-order valence-electron chi connectivity index (χ4n) is 1.85. The Bertz CT molecular complexity index is 599. The first-order valence-electron chi connectivity index (χ1n) is 9.05. The van der Waals surface area contributed by atoms with Crippen molar-refractivity contribution in [3.05, 3.63) is 54.7 Å². The molecule has 0 unspecified atom stereocenters. The molecule has 26 heavy (non-hydrogen) atoms. The van der Waals surface area contributed by atoms with Gasteiger partial charge in [0.2, 0.25) is 0 Å². The molecule has 5 heteroatoms. The normalized spacial score (nSPS) is 9.81. The summed E-state index contributed by atoms with van der Waals surface area (Å²) in [6.45, 7) is 17.2. The van der Waals surface area contributed by atoms with Gasteiger partial charge in [0, 0.05) is 17.8 Å². The predicted octanol–water partition coefficient (Wildman–Crippen LogP) is 7.48. The van der Waals surface area contributed by atoms with Crippen molar-refractivity contribution >= 4 is 0 Å². The van der Waals surface area contributed by atoms with Gasteiger partial charge in [0.1, 0.15) is 0 Å². The van der Waals surface area contributed by atoms with Gasteiger partial charge in [-0.1, -0.05) is 52.0 Å². The molecule has 0 aliphatic rings. The van der Waals surface area contributed by atoms with Gasteiger partial charge in [-0.15, -0.1) is 6.58 Å². The molecule has 0 saturated carbocycles. The van der Waals surface area contributed by atoms with Crippen LogP contribution in [0.2, 0.25) is 0 Å². The molecule has 0 saturated heterocycles. The summed E-state index contributed by atoms with van der Waals surface area (Å²) in [6.07, 6.45) is -1.52. The van der Waals surface area contributed by atoms with E-state index in [0.29, 0.717) is 11.3 Å². The molecule has 0 aliphatic heterocycles. The van der Waals surface area contributed by atoms with Gasteiger partial charge in [-0.25, -0.2) is 0 Å². The highest BCUT2D eigenvalue weighted by atomic mass is 19.4. The molecular formula is C21H33F3N2. The van der Waals surface area contributed by atoms with Gasteiger partial charge in [-0.3, -0.25) is 4.68 Å². The van der Waals surface area contributed by atoms with Crippen molar-refractivity contribution in [3.63, 3.8) is 0 Å². The molecule has 2 nitrogen and oxygen atoms in total. The van der Waals surface area contributed by atoms with Gasteiger partial charge in [0.25, 0.3) is 0 Å². The van der Waals surface area contributed by atoms with E-state index in [1.165, 1.54) is 6.07 Å². The smallest absolute Gasteiger partial charge is 0.270 e. The Kier molecular flexibility index (Phi) is 14.3. The monoisotopic (exact) mass is 370 g/mol. The second-order valence-electron chi connectivity index (χ2n) is 5.18. The molecule has 0 N–H and O–H groups in total. The topological polar surface area (TPSA) is 17.8 Å². The van der Waals surface area contributed by atoms with Crippen LogP contribution in [0.15, 0.2) is 49.2 Å². The molecule has 148 valence electrons. The second-order valence-corrected chi connectivity index (χ2v) is 5.18. The van der Waals surface area contributed by atoms with Crippen molar-refractivity contribution in [3.8, 4) is 11.3 Å². The van der Waals surface area contributed by atoms with E-state index in [1.54, 1.807) is 29.0 Å². The number of alkyl halides is 3. The van der Waals surface area contributed by atoms with E-state index in [1.807, 2.05) is 60.7 Å². The third-order valence-corrected chi connectivity index (χ3v) is 2.76. The molecule has 1 aromatic carbocycles. The zero-order chi connectivity index (χ0) is 20.8. The van der Waals surface area contributed by atoms with Crippen LogP contribution in [0.3, 0.4) is 0 Å². The molecule has 1 aromatic heterocycles. The van der Waals surface area contributed by atoms with Crippen molar-refractivity contribution in [2.75, 3.05) is 0 Å². The van der Waals surface area contributed by atoms with Crippen LogP contribution >= 0.6 is 0 Å². The summed E-state index contributed by atoms with van der Waals surface area (Å²) >= 11 is 0. The van der Waals surface area contributed by atoms with Crippen LogP contribution in [0, 0.1) is 0 Å². The van der Waals surface area contributed by atoms with Gasteiger partial charge in [0.15, 0.2) is 0 Å². The molecular weight excluding hydrogens is 337 g/mol. The van der Waals surface area contributed by atoms with Crippen LogP contribution in [0.25, 0.3) is 11.3 Å². The summed E-state index contributed by atoms with van der Waals surface area (Å²) < 4.78 is 38.9. The van der Waals surface area contributed by atoms with Crippen LogP contribution in [0.4, 0.5) is 13.2 Å². The van der Waals surface area contributed by atoms with Crippen LogP contribution in [-0.2, 0) is 6.42 Å². The third kappa shape index (κ3) is 10.7. The number of nitrogens with zero attached hydrogens (tertiary/aromatic N) is 2. The number of benzene rings is 1. The van der Waals surface area contributed by atoms with E-state index in [4.69, 9.17) is 0 Å². The lowest BCUT2D eigenvalue weighted by molar-refractivity contribution is -0.127. The number of hydrogen-bond acceptors (Lipinski definition) is 1. The third-order valence-electron chi connectivity index (χ3n) is 2.76. The maximum absolute atomic E-state index is 12.4. The molecule has 0 amide bonds. The number of rotatable bonds is 3. The minimum atomic E-state index is -4.18. The minimum Gasteiger partial charge on any atom is -0.270 e. The molecule has 0 aliphatic carbocycles. The van der Waals surface area contributed by atoms with Gasteiger partial charge in [-0.05, 0) is 38.5 Å². The number of halogens is 3. The number of allylic oxidation sites excluding steroid dienone is 1. The van der Waals surface area contributed by atoms with Crippen molar-refractivity contribution in [1.82, 2.24) is 9.78 Å². The van der Waals surface area contributed by atoms with E-state index in [-0.39, 0.29) is 11.6 Å². The first-order valence-corrected chi connectivity index (χ1v) is 9.05. The van der Waals surface area contributed by atoms with Gasteiger partial charge >= 0.3 is 6.18 Å². The summed E-state index contributed by atoms with van der Waals surface area (Å²) in [4.78, 5) is 0. The van der Waals surface area contributed by atoms with E-state index in [0.717, 1.165) is 0 Å². The maximum Gasteiger partial charge on any atom is 0.393 e. The first kappa shape index (κ1) is 26.2. The highest BCUT2D eigenvalue weighted by Gasteiger charge is 2.27. The zero-order valence-electron chi connectivity index (χ0n) is 17.1. The molecule has 0 bridgehead atoms.